The predicted molar refractivity (Wildman–Crippen MR) is 79.6 cm³/mol. The molecule has 1 heterocycles. The van der Waals surface area contributed by atoms with Gasteiger partial charge in [0.05, 0.1) is 28.0 Å². The predicted octanol–water partition coefficient (Wildman–Crippen LogP) is 4.07. The van der Waals surface area contributed by atoms with Gasteiger partial charge in [-0.25, -0.2) is 4.68 Å². The highest BCUT2D eigenvalue weighted by Gasteiger charge is 2.43. The van der Waals surface area contributed by atoms with Crippen LogP contribution in [-0.2, 0) is 0 Å². The third-order valence-corrected chi connectivity index (χ3v) is 4.72. The van der Waals surface area contributed by atoms with Crippen LogP contribution in [0.25, 0.3) is 5.69 Å². The van der Waals surface area contributed by atoms with E-state index in [1.54, 1.807) is 0 Å². The Hall–Kier alpha value is -1.61. The van der Waals surface area contributed by atoms with Crippen molar-refractivity contribution in [2.75, 3.05) is 0 Å². The number of fused-ring (bicyclic) bond motifs is 1. The lowest BCUT2D eigenvalue weighted by molar-refractivity contribution is 0.0905. The Bertz CT molecular complexity index is 673. The van der Waals surface area contributed by atoms with E-state index >= 15 is 0 Å². The van der Waals surface area contributed by atoms with Crippen LogP contribution >= 0.6 is 11.6 Å². The van der Waals surface area contributed by atoms with Gasteiger partial charge in [0, 0.05) is 6.42 Å². The number of para-hydroxylation sites is 1. The molecular weight excluding hydrogens is 272 g/mol. The molecule has 2 aromatic rings. The number of alkyl halides is 1. The summed E-state index contributed by atoms with van der Waals surface area (Å²) in [5.41, 5.74) is 2.97. The minimum absolute atomic E-state index is 0.140. The number of carbonyl (C=O) groups is 1. The van der Waals surface area contributed by atoms with Gasteiger partial charge in [0.2, 0.25) is 0 Å². The molecule has 1 unspecified atom stereocenters. The van der Waals surface area contributed by atoms with Crippen LogP contribution in [-0.4, -0.2) is 15.6 Å². The number of ketones is 1. The van der Waals surface area contributed by atoms with Crippen molar-refractivity contribution >= 4 is 17.4 Å². The number of hydrogen-bond acceptors (Lipinski definition) is 2. The molecular formula is C16H17ClN2O. The Labute approximate surface area is 123 Å². The SMILES string of the molecule is Cc1nn(-c2ccccc2)c2c1C(=O)CC(C)(C)C2Cl. The number of benzene rings is 1. The van der Waals surface area contributed by atoms with Gasteiger partial charge >= 0.3 is 0 Å². The summed E-state index contributed by atoms with van der Waals surface area (Å²) in [6, 6.07) is 9.82. The number of Topliss-reactive ketones (excluding diaryl/α,β-unsaturated/α-hetero) is 1. The van der Waals surface area contributed by atoms with Gasteiger partial charge in [0.1, 0.15) is 0 Å². The van der Waals surface area contributed by atoms with Crippen molar-refractivity contribution in [3.63, 3.8) is 0 Å². The van der Waals surface area contributed by atoms with Crippen LogP contribution in [0.5, 0.6) is 0 Å². The van der Waals surface area contributed by atoms with Gasteiger partial charge in [-0.15, -0.1) is 11.6 Å². The van der Waals surface area contributed by atoms with Crippen LogP contribution in [0, 0.1) is 12.3 Å². The Kier molecular flexibility index (Phi) is 2.98. The van der Waals surface area contributed by atoms with Gasteiger partial charge in [-0.05, 0) is 24.5 Å². The summed E-state index contributed by atoms with van der Waals surface area (Å²) in [5, 5.41) is 4.31. The van der Waals surface area contributed by atoms with Crippen LogP contribution in [0.4, 0.5) is 0 Å². The fourth-order valence-electron chi connectivity index (χ4n) is 2.85. The smallest absolute Gasteiger partial charge is 0.167 e. The highest BCUT2D eigenvalue weighted by Crippen LogP contribution is 2.48. The minimum Gasteiger partial charge on any atom is -0.294 e. The molecule has 0 saturated carbocycles. The second kappa shape index (κ2) is 4.45. The molecule has 4 heteroatoms. The fraction of sp³-hybridized carbons (Fsp3) is 0.375. The average Bonchev–Trinajstić information content (AvgIpc) is 2.75. The van der Waals surface area contributed by atoms with Crippen molar-refractivity contribution in [3.8, 4) is 5.69 Å². The molecule has 1 aliphatic rings. The molecule has 1 aromatic carbocycles. The summed E-state index contributed by atoms with van der Waals surface area (Å²) < 4.78 is 1.82. The fourth-order valence-corrected chi connectivity index (χ4v) is 3.13. The normalized spacial score (nSPS) is 20.8. The molecule has 1 aromatic heterocycles. The molecule has 0 fully saturated rings. The summed E-state index contributed by atoms with van der Waals surface area (Å²) in [5.74, 6) is 0.140. The molecule has 3 nitrogen and oxygen atoms in total. The van der Waals surface area contributed by atoms with E-state index in [-0.39, 0.29) is 16.6 Å². The van der Waals surface area contributed by atoms with E-state index in [0.29, 0.717) is 12.0 Å². The summed E-state index contributed by atoms with van der Waals surface area (Å²) in [4.78, 5) is 12.4. The van der Waals surface area contributed by atoms with Gasteiger partial charge in [0.15, 0.2) is 5.78 Å². The topological polar surface area (TPSA) is 34.9 Å². The van der Waals surface area contributed by atoms with Crippen LogP contribution in [0.3, 0.4) is 0 Å². The van der Waals surface area contributed by atoms with E-state index in [4.69, 9.17) is 11.6 Å². The Morgan fingerprint density at radius 3 is 2.60 bits per heavy atom. The Morgan fingerprint density at radius 2 is 1.95 bits per heavy atom. The van der Waals surface area contributed by atoms with E-state index in [1.165, 1.54) is 0 Å². The summed E-state index contributed by atoms with van der Waals surface area (Å²) in [6.45, 7) is 5.93. The van der Waals surface area contributed by atoms with Crippen molar-refractivity contribution in [2.24, 2.45) is 5.41 Å². The zero-order chi connectivity index (χ0) is 14.5. The first kappa shape index (κ1) is 13.4. The number of carbonyl (C=O) groups excluding carboxylic acids is 1. The van der Waals surface area contributed by atoms with Crippen molar-refractivity contribution in [1.82, 2.24) is 9.78 Å². The number of aryl methyl sites for hydroxylation is 1. The van der Waals surface area contributed by atoms with Crippen LogP contribution < -0.4 is 0 Å². The van der Waals surface area contributed by atoms with Crippen molar-refractivity contribution in [3.05, 3.63) is 47.3 Å². The number of halogens is 1. The first-order valence-electron chi connectivity index (χ1n) is 6.74. The second-order valence-electron chi connectivity index (χ2n) is 6.04. The van der Waals surface area contributed by atoms with Crippen molar-refractivity contribution in [1.29, 1.82) is 0 Å². The van der Waals surface area contributed by atoms with Gasteiger partial charge in [0.25, 0.3) is 0 Å². The lowest BCUT2D eigenvalue weighted by atomic mass is 9.75. The maximum absolute atomic E-state index is 12.4. The maximum atomic E-state index is 12.4. The summed E-state index contributed by atoms with van der Waals surface area (Å²) in [6.07, 6.45) is 0.468. The molecule has 0 amide bonds. The van der Waals surface area contributed by atoms with Crippen molar-refractivity contribution in [2.45, 2.75) is 32.6 Å². The van der Waals surface area contributed by atoms with Gasteiger partial charge < -0.3 is 0 Å². The van der Waals surface area contributed by atoms with Crippen LogP contribution in [0.1, 0.15) is 47.4 Å². The molecule has 1 aliphatic carbocycles. The number of hydrogen-bond donors (Lipinski definition) is 0. The third-order valence-electron chi connectivity index (χ3n) is 3.92. The monoisotopic (exact) mass is 288 g/mol. The molecule has 0 bridgehead atoms. The summed E-state index contributed by atoms with van der Waals surface area (Å²) >= 11 is 6.66. The highest BCUT2D eigenvalue weighted by molar-refractivity contribution is 6.23. The molecule has 0 aliphatic heterocycles. The molecule has 3 rings (SSSR count). The van der Waals surface area contributed by atoms with Gasteiger partial charge in [-0.1, -0.05) is 32.0 Å². The molecule has 104 valence electrons. The largest absolute Gasteiger partial charge is 0.294 e. The van der Waals surface area contributed by atoms with E-state index in [0.717, 1.165) is 17.1 Å². The molecule has 0 N–H and O–H groups in total. The molecule has 0 radical (unpaired) electrons. The van der Waals surface area contributed by atoms with Crippen molar-refractivity contribution < 1.29 is 4.79 Å². The zero-order valence-electron chi connectivity index (χ0n) is 11.9. The molecule has 20 heavy (non-hydrogen) atoms. The number of aromatic nitrogens is 2. The van der Waals surface area contributed by atoms with E-state index in [1.807, 2.05) is 55.8 Å². The molecule has 0 saturated heterocycles. The van der Waals surface area contributed by atoms with Crippen LogP contribution in [0.2, 0.25) is 0 Å². The number of nitrogens with zero attached hydrogens (tertiary/aromatic N) is 2. The highest BCUT2D eigenvalue weighted by atomic mass is 35.5. The minimum atomic E-state index is -0.259. The third kappa shape index (κ3) is 1.88. The second-order valence-corrected chi connectivity index (χ2v) is 6.48. The first-order chi connectivity index (χ1) is 9.42. The summed E-state index contributed by atoms with van der Waals surface area (Å²) in [7, 11) is 0. The van der Waals surface area contributed by atoms with Gasteiger partial charge in [-0.3, -0.25) is 4.79 Å². The molecule has 0 spiro atoms. The van der Waals surface area contributed by atoms with E-state index < -0.39 is 0 Å². The quantitative estimate of drug-likeness (QED) is 0.741. The van der Waals surface area contributed by atoms with Crippen LogP contribution in [0.15, 0.2) is 30.3 Å². The average molecular weight is 289 g/mol. The lowest BCUT2D eigenvalue weighted by Crippen LogP contribution is -2.30. The zero-order valence-corrected chi connectivity index (χ0v) is 12.6. The van der Waals surface area contributed by atoms with E-state index in [9.17, 15) is 4.79 Å². The molecule has 1 atom stereocenters. The Balaban J connectivity index is 2.26. The Morgan fingerprint density at radius 1 is 1.30 bits per heavy atom. The maximum Gasteiger partial charge on any atom is 0.167 e. The van der Waals surface area contributed by atoms with Gasteiger partial charge in [-0.2, -0.15) is 5.10 Å². The lowest BCUT2D eigenvalue weighted by Gasteiger charge is -2.34. The first-order valence-corrected chi connectivity index (χ1v) is 7.17. The number of rotatable bonds is 1. The standard InChI is InChI=1S/C16H17ClN2O/c1-10-13-12(20)9-16(2,3)15(17)14(13)19(18-10)11-7-5-4-6-8-11/h4-8,15H,9H2,1-3H3. The van der Waals surface area contributed by atoms with E-state index in [2.05, 4.69) is 5.10 Å².